The first-order valence-corrected chi connectivity index (χ1v) is 23.6. The van der Waals surface area contributed by atoms with Crippen molar-refractivity contribution in [3.63, 3.8) is 0 Å². The fourth-order valence-corrected chi connectivity index (χ4v) is 14.3. The third kappa shape index (κ3) is 8.65. The van der Waals surface area contributed by atoms with Crippen LogP contribution in [0.2, 0.25) is 0 Å². The molecule has 20 atom stereocenters. The number of carbonyl (C=O) groups is 4. The Labute approximate surface area is 389 Å². The Hall–Kier alpha value is -2.86. The second-order valence-corrected chi connectivity index (χ2v) is 22.7. The first-order valence-electron chi connectivity index (χ1n) is 23.6. The number of carboxylic acid groups (broad SMARTS) is 3. The molecule has 0 unspecified atom stereocenters. The van der Waals surface area contributed by atoms with E-state index in [1.807, 2.05) is 0 Å². The lowest BCUT2D eigenvalue weighted by Crippen LogP contribution is -2.66. The van der Waals surface area contributed by atoms with Gasteiger partial charge in [0.1, 0.15) is 49.3 Å². The van der Waals surface area contributed by atoms with Crippen LogP contribution in [0.25, 0.3) is 0 Å². The molecule has 67 heavy (non-hydrogen) atoms. The van der Waals surface area contributed by atoms with Gasteiger partial charge in [-0.15, -0.1) is 0 Å². The molecule has 4 saturated carbocycles. The highest BCUT2D eigenvalue weighted by molar-refractivity contribution is 5.79. The van der Waals surface area contributed by atoms with E-state index in [4.69, 9.17) is 33.5 Å². The van der Waals surface area contributed by atoms with Gasteiger partial charge in [0.2, 0.25) is 12.4 Å². The molecule has 380 valence electrons. The van der Waals surface area contributed by atoms with E-state index in [2.05, 4.69) is 54.5 Å². The summed E-state index contributed by atoms with van der Waals surface area (Å²) in [5, 5.41) is 103. The summed E-state index contributed by atoms with van der Waals surface area (Å²) in [4.78, 5) is 49.9. The van der Waals surface area contributed by atoms with Gasteiger partial charge in [-0.2, -0.15) is 0 Å². The van der Waals surface area contributed by atoms with Gasteiger partial charge in [-0.3, -0.25) is 4.79 Å². The summed E-state index contributed by atoms with van der Waals surface area (Å²) in [6, 6.07) is 0. The lowest BCUT2D eigenvalue weighted by molar-refractivity contribution is -0.345. The summed E-state index contributed by atoms with van der Waals surface area (Å²) in [6.45, 7) is 13.8. The van der Waals surface area contributed by atoms with Crippen molar-refractivity contribution in [2.45, 2.75) is 193 Å². The molecule has 2 aliphatic heterocycles. The summed E-state index contributed by atoms with van der Waals surface area (Å²) in [7, 11) is 0. The van der Waals surface area contributed by atoms with Gasteiger partial charge in [0.25, 0.3) is 0 Å². The number of aliphatic hydroxyl groups excluding tert-OH is 7. The number of esters is 1. The molecule has 6 fully saturated rings. The van der Waals surface area contributed by atoms with Crippen LogP contribution in [0.5, 0.6) is 0 Å². The number of ether oxygens (including phenoxy) is 6. The van der Waals surface area contributed by atoms with Gasteiger partial charge < -0.3 is 79.5 Å². The highest BCUT2D eigenvalue weighted by Gasteiger charge is 2.70. The molecule has 0 amide bonds. The van der Waals surface area contributed by atoms with Crippen LogP contribution in [0.3, 0.4) is 0 Å². The van der Waals surface area contributed by atoms with E-state index in [9.17, 15) is 65.1 Å². The zero-order valence-electron chi connectivity index (χ0n) is 39.4. The third-order valence-electron chi connectivity index (χ3n) is 18.3. The maximum atomic E-state index is 14.7. The van der Waals surface area contributed by atoms with Crippen LogP contribution in [-0.4, -0.2) is 168 Å². The van der Waals surface area contributed by atoms with Crippen molar-refractivity contribution in [1.29, 1.82) is 0 Å². The van der Waals surface area contributed by atoms with E-state index < -0.39 is 128 Å². The smallest absolute Gasteiger partial charge is 0.337 e. The molecule has 20 heteroatoms. The Balaban J connectivity index is 1.13. The zero-order valence-corrected chi connectivity index (χ0v) is 39.4. The van der Waals surface area contributed by atoms with Crippen LogP contribution in [0, 0.1) is 50.2 Å². The topological polar surface area (TPSA) is 326 Å². The van der Waals surface area contributed by atoms with E-state index in [1.165, 1.54) is 5.57 Å². The van der Waals surface area contributed by atoms with Crippen molar-refractivity contribution < 1.29 is 98.7 Å². The Kier molecular flexibility index (Phi) is 14.3. The monoisotopic (exact) mass is 956 g/mol. The minimum Gasteiger partial charge on any atom is -0.480 e. The standard InChI is InChI=1S/C47H72O20/c1-42(2)14-16-47(41(61)67-39-30(53)29(52)28(51)23(19-48)63-39)17-15-45(6)21(22(47)18-42)8-9-25-44(5)12-11-26(43(3,4)24(44)10-13-46(25,45)7)64-40-32(55)34(31(54)35(66-40)37(59)60)65-38(33(56)36(57)58)62-20-27(49)50/h8,22-26,28-35,38-40,48,51-56H,9-20H2,1-7H3,(H,49,50)(H,57,58)(H,59,60)/t22-,23+,24-,25+,26-,28+,29-,30+,31-,32+,33-,34-,35-,38+,39-,40+,44-,45+,46+,47-/m0/s1. The van der Waals surface area contributed by atoms with Gasteiger partial charge >= 0.3 is 23.9 Å². The minimum absolute atomic E-state index is 0.0494. The second-order valence-electron chi connectivity index (χ2n) is 22.7. The maximum Gasteiger partial charge on any atom is 0.337 e. The number of rotatable bonds is 13. The van der Waals surface area contributed by atoms with Gasteiger partial charge in [-0.25, -0.2) is 14.4 Å². The van der Waals surface area contributed by atoms with Gasteiger partial charge in [0.15, 0.2) is 18.7 Å². The molecule has 7 rings (SSSR count). The number of carbonyl (C=O) groups excluding carboxylic acids is 1. The van der Waals surface area contributed by atoms with Crippen molar-refractivity contribution in [2.75, 3.05) is 13.2 Å². The maximum absolute atomic E-state index is 14.7. The average Bonchev–Trinajstić information content (AvgIpc) is 3.24. The Morgan fingerprint density at radius 3 is 2.07 bits per heavy atom. The number of aliphatic carboxylic acids is 3. The highest BCUT2D eigenvalue weighted by Crippen LogP contribution is 2.76. The third-order valence-corrected chi connectivity index (χ3v) is 18.3. The van der Waals surface area contributed by atoms with Gasteiger partial charge in [-0.05, 0) is 109 Å². The average molecular weight is 957 g/mol. The zero-order chi connectivity index (χ0) is 49.6. The molecule has 20 nitrogen and oxygen atoms in total. The lowest BCUT2D eigenvalue weighted by atomic mass is 9.33. The summed E-state index contributed by atoms with van der Waals surface area (Å²) in [5.41, 5.74) is -1.20. The largest absolute Gasteiger partial charge is 0.480 e. The lowest BCUT2D eigenvalue weighted by Gasteiger charge is -2.71. The molecule has 0 aromatic heterocycles. The van der Waals surface area contributed by atoms with Crippen LogP contribution in [-0.2, 0) is 47.6 Å². The first kappa shape index (κ1) is 52.0. The van der Waals surface area contributed by atoms with Crippen LogP contribution in [0.4, 0.5) is 0 Å². The number of fused-ring (bicyclic) bond motifs is 7. The number of aliphatic hydroxyl groups is 7. The molecular formula is C47H72O20. The normalized spacial score (nSPS) is 46.5. The molecule has 0 radical (unpaired) electrons. The fraction of sp³-hybridized carbons (Fsp3) is 0.872. The molecule has 0 bridgehead atoms. The molecule has 0 aromatic carbocycles. The van der Waals surface area contributed by atoms with Crippen molar-refractivity contribution in [3.05, 3.63) is 11.6 Å². The quantitative estimate of drug-likeness (QED) is 0.0538. The van der Waals surface area contributed by atoms with E-state index in [0.29, 0.717) is 32.1 Å². The molecule has 0 aromatic rings. The molecule has 0 spiro atoms. The van der Waals surface area contributed by atoms with Gasteiger partial charge in [0.05, 0.1) is 18.1 Å². The molecule has 10 N–H and O–H groups in total. The summed E-state index contributed by atoms with van der Waals surface area (Å²) in [5.74, 6) is -5.54. The van der Waals surface area contributed by atoms with E-state index in [1.54, 1.807) is 0 Å². The van der Waals surface area contributed by atoms with Crippen LogP contribution >= 0.6 is 0 Å². The van der Waals surface area contributed by atoms with Crippen LogP contribution in [0.15, 0.2) is 11.6 Å². The van der Waals surface area contributed by atoms with E-state index >= 15 is 0 Å². The summed E-state index contributed by atoms with van der Waals surface area (Å²) < 4.78 is 34.2. The molecular weight excluding hydrogens is 884 g/mol. The highest BCUT2D eigenvalue weighted by atomic mass is 16.7. The predicted molar refractivity (Wildman–Crippen MR) is 228 cm³/mol. The summed E-state index contributed by atoms with van der Waals surface area (Å²) in [6.07, 6.45) is -13.8. The Bertz CT molecular complexity index is 1920. The first-order chi connectivity index (χ1) is 31.1. The van der Waals surface area contributed by atoms with Crippen molar-refractivity contribution in [3.8, 4) is 0 Å². The Morgan fingerprint density at radius 2 is 1.45 bits per heavy atom. The molecule has 7 aliphatic rings. The number of allylic oxidation sites excluding steroid dienone is 2. The number of hydrogen-bond acceptors (Lipinski definition) is 17. The minimum atomic E-state index is -2.48. The number of carboxylic acids is 3. The fourth-order valence-electron chi connectivity index (χ4n) is 14.3. The van der Waals surface area contributed by atoms with Gasteiger partial charge in [0, 0.05) is 0 Å². The van der Waals surface area contributed by atoms with E-state index in [-0.39, 0.29) is 39.4 Å². The second kappa shape index (κ2) is 18.4. The SMILES string of the molecule is CC1(C)CC[C@]2(C(=O)O[C@@H]3O[C@H](CO)[C@@H](O)[C@H](O)[C@H]3O)CC[C@]3(C)C(=CC[C@@H]4[C@@]5(C)CC[C@H](O[C@@H]6O[C@H](C(=O)O)[C@@H](O)[C@H](O[C@@H](OCC(=O)O)[C@@H](O)C(=O)O)[C@H]6O)C(C)(C)[C@@H]5CC[C@]43C)[C@@H]2C1. The molecule has 2 heterocycles. The van der Waals surface area contributed by atoms with Crippen molar-refractivity contribution in [2.24, 2.45) is 50.2 Å². The Morgan fingerprint density at radius 1 is 0.776 bits per heavy atom. The van der Waals surface area contributed by atoms with Crippen LogP contribution < -0.4 is 0 Å². The molecule has 2 saturated heterocycles. The van der Waals surface area contributed by atoms with Gasteiger partial charge in [-0.1, -0.05) is 60.1 Å². The number of hydrogen-bond donors (Lipinski definition) is 10. The van der Waals surface area contributed by atoms with Crippen LogP contribution in [0.1, 0.15) is 113 Å². The predicted octanol–water partition coefficient (Wildman–Crippen LogP) is 1.31. The van der Waals surface area contributed by atoms with E-state index in [0.717, 1.165) is 32.1 Å². The van der Waals surface area contributed by atoms with Crippen molar-refractivity contribution >= 4 is 23.9 Å². The summed E-state index contributed by atoms with van der Waals surface area (Å²) >= 11 is 0. The molecule has 5 aliphatic carbocycles. The van der Waals surface area contributed by atoms with Crippen molar-refractivity contribution in [1.82, 2.24) is 0 Å².